The molecule has 11 heteroatoms. The van der Waals surface area contributed by atoms with Crippen molar-refractivity contribution in [2.45, 2.75) is 24.3 Å². The second-order valence-electron chi connectivity index (χ2n) is 7.82. The average Bonchev–Trinajstić information content (AvgIpc) is 3.31. The zero-order valence-electron chi connectivity index (χ0n) is 19.0. The van der Waals surface area contributed by atoms with E-state index in [1.54, 1.807) is 48.5 Å². The van der Waals surface area contributed by atoms with Gasteiger partial charge in [0.1, 0.15) is 11.6 Å². The highest BCUT2D eigenvalue weighted by molar-refractivity contribution is 7.92. The molecule has 0 aromatic heterocycles. The Morgan fingerprint density at radius 1 is 1.00 bits per heavy atom. The van der Waals surface area contributed by atoms with Gasteiger partial charge in [0.25, 0.3) is 10.0 Å². The van der Waals surface area contributed by atoms with Crippen LogP contribution in [-0.4, -0.2) is 39.8 Å². The highest BCUT2D eigenvalue weighted by Crippen LogP contribution is 2.38. The third-order valence-corrected chi connectivity index (χ3v) is 8.60. The molecule has 0 saturated carbocycles. The topological polar surface area (TPSA) is 105 Å². The summed E-state index contributed by atoms with van der Waals surface area (Å²) >= 11 is 0. The third kappa shape index (κ3) is 5.15. The number of para-hydroxylation sites is 1. The van der Waals surface area contributed by atoms with Crippen molar-refractivity contribution in [3.05, 3.63) is 89.7 Å². The molecular weight excluding hydrogens is 493 g/mol. The molecule has 35 heavy (non-hydrogen) atoms. The highest BCUT2D eigenvalue weighted by Gasteiger charge is 2.38. The molecule has 0 spiro atoms. The maximum absolute atomic E-state index is 13.5. The fraction of sp³-hybridized carbons (Fsp3) is 0.208. The van der Waals surface area contributed by atoms with E-state index >= 15 is 0 Å². The Balaban J connectivity index is 1.81. The summed E-state index contributed by atoms with van der Waals surface area (Å²) in [5.41, 5.74) is 1.84. The number of benzene rings is 3. The van der Waals surface area contributed by atoms with Gasteiger partial charge in [-0.2, -0.15) is 17.9 Å². The molecule has 3 aromatic carbocycles. The maximum atomic E-state index is 13.5. The van der Waals surface area contributed by atoms with Crippen LogP contribution in [0.5, 0.6) is 5.75 Å². The number of nitrogens with one attached hydrogen (secondary N) is 1. The van der Waals surface area contributed by atoms with Crippen molar-refractivity contribution in [1.29, 1.82) is 0 Å². The number of hydrazone groups is 1. The van der Waals surface area contributed by atoms with E-state index in [4.69, 9.17) is 4.74 Å². The van der Waals surface area contributed by atoms with Gasteiger partial charge in [0.15, 0.2) is 0 Å². The molecule has 0 saturated heterocycles. The minimum absolute atomic E-state index is 0.109. The Bertz CT molecular complexity index is 1460. The van der Waals surface area contributed by atoms with Crippen LogP contribution in [0.15, 0.2) is 82.8 Å². The van der Waals surface area contributed by atoms with E-state index in [1.165, 1.54) is 26.2 Å². The summed E-state index contributed by atoms with van der Waals surface area (Å²) in [5, 5.41) is 4.45. The van der Waals surface area contributed by atoms with Crippen molar-refractivity contribution in [1.82, 2.24) is 4.41 Å². The standard InChI is InChI=1S/C24H24FN3O5S2/c1-3-34(29,30)27-22-7-5-4-6-21(22)23-16-24(17-8-12-19(33-2)13-9-17)28(26-23)35(31,32)20-14-10-18(25)11-15-20/h4-15,24,27H,3,16H2,1-2H3/t24-/m0/s1. The Morgan fingerprint density at radius 2 is 1.66 bits per heavy atom. The summed E-state index contributed by atoms with van der Waals surface area (Å²) < 4.78 is 73.7. The first-order valence-electron chi connectivity index (χ1n) is 10.8. The molecule has 0 radical (unpaired) electrons. The van der Waals surface area contributed by atoms with Crippen molar-refractivity contribution in [3.63, 3.8) is 0 Å². The number of ether oxygens (including phenoxy) is 1. The van der Waals surface area contributed by atoms with E-state index in [1.807, 2.05) is 0 Å². The zero-order chi connectivity index (χ0) is 25.2. The molecule has 184 valence electrons. The van der Waals surface area contributed by atoms with Crippen molar-refractivity contribution < 1.29 is 26.0 Å². The first-order valence-corrected chi connectivity index (χ1v) is 13.8. The van der Waals surface area contributed by atoms with Gasteiger partial charge >= 0.3 is 0 Å². The van der Waals surface area contributed by atoms with Crippen LogP contribution in [0.3, 0.4) is 0 Å². The van der Waals surface area contributed by atoms with Gasteiger partial charge in [-0.15, -0.1) is 0 Å². The monoisotopic (exact) mass is 517 g/mol. The zero-order valence-corrected chi connectivity index (χ0v) is 20.7. The number of hydrogen-bond donors (Lipinski definition) is 1. The Hall–Kier alpha value is -3.44. The lowest BCUT2D eigenvalue weighted by atomic mass is 9.98. The number of hydrogen-bond acceptors (Lipinski definition) is 6. The van der Waals surface area contributed by atoms with Gasteiger partial charge in [-0.25, -0.2) is 12.8 Å². The van der Waals surface area contributed by atoms with Crippen molar-refractivity contribution in [3.8, 4) is 5.75 Å². The van der Waals surface area contributed by atoms with Crippen LogP contribution in [0, 0.1) is 5.82 Å². The average molecular weight is 518 g/mol. The van der Waals surface area contributed by atoms with Gasteiger partial charge in [0.05, 0.1) is 35.2 Å². The minimum Gasteiger partial charge on any atom is -0.497 e. The SMILES string of the molecule is CCS(=O)(=O)Nc1ccccc1C1=NN(S(=O)(=O)c2ccc(F)cc2)[C@H](c2ccc(OC)cc2)C1. The molecule has 8 nitrogen and oxygen atoms in total. The van der Waals surface area contributed by atoms with Gasteiger partial charge < -0.3 is 4.74 Å². The molecule has 1 heterocycles. The lowest BCUT2D eigenvalue weighted by molar-refractivity contribution is 0.370. The predicted octanol–water partition coefficient (Wildman–Crippen LogP) is 4.14. The van der Waals surface area contributed by atoms with E-state index in [0.29, 0.717) is 28.3 Å². The summed E-state index contributed by atoms with van der Waals surface area (Å²) in [6.45, 7) is 1.52. The number of methoxy groups -OCH3 is 1. The van der Waals surface area contributed by atoms with E-state index in [0.717, 1.165) is 16.5 Å². The summed E-state index contributed by atoms with van der Waals surface area (Å²) in [6.07, 6.45) is 0.192. The summed E-state index contributed by atoms with van der Waals surface area (Å²) in [6, 6.07) is 17.5. The lowest BCUT2D eigenvalue weighted by Crippen LogP contribution is -2.27. The number of sulfonamides is 2. The fourth-order valence-electron chi connectivity index (χ4n) is 3.73. The number of halogens is 1. The molecule has 1 aliphatic heterocycles. The van der Waals surface area contributed by atoms with E-state index in [9.17, 15) is 21.2 Å². The van der Waals surface area contributed by atoms with Crippen LogP contribution < -0.4 is 9.46 Å². The molecule has 0 aliphatic carbocycles. The summed E-state index contributed by atoms with van der Waals surface area (Å²) in [5.74, 6) is -0.0635. The molecule has 0 unspecified atom stereocenters. The Kier molecular flexibility index (Phi) is 6.82. The Labute approximate surface area is 204 Å². The van der Waals surface area contributed by atoms with E-state index in [-0.39, 0.29) is 17.1 Å². The molecule has 1 atom stereocenters. The fourth-order valence-corrected chi connectivity index (χ4v) is 5.82. The van der Waals surface area contributed by atoms with Crippen molar-refractivity contribution in [2.75, 3.05) is 17.6 Å². The first-order chi connectivity index (χ1) is 16.6. The van der Waals surface area contributed by atoms with Crippen molar-refractivity contribution >= 4 is 31.4 Å². The van der Waals surface area contributed by atoms with Crippen LogP contribution in [0.1, 0.15) is 30.5 Å². The van der Waals surface area contributed by atoms with Gasteiger partial charge in [0, 0.05) is 12.0 Å². The second kappa shape index (κ2) is 9.67. The molecule has 1 aliphatic rings. The smallest absolute Gasteiger partial charge is 0.279 e. The largest absolute Gasteiger partial charge is 0.497 e. The molecule has 0 amide bonds. The predicted molar refractivity (Wildman–Crippen MR) is 132 cm³/mol. The normalized spacial score (nSPS) is 16.1. The second-order valence-corrected chi connectivity index (χ2v) is 11.6. The Morgan fingerprint density at radius 3 is 2.29 bits per heavy atom. The van der Waals surface area contributed by atoms with Crippen LogP contribution in [0.2, 0.25) is 0 Å². The maximum Gasteiger partial charge on any atom is 0.279 e. The van der Waals surface area contributed by atoms with Crippen LogP contribution in [0.4, 0.5) is 10.1 Å². The van der Waals surface area contributed by atoms with Gasteiger partial charge in [-0.3, -0.25) is 4.72 Å². The summed E-state index contributed by atoms with van der Waals surface area (Å²) in [7, 11) is -6.19. The molecule has 0 fully saturated rings. The van der Waals surface area contributed by atoms with E-state index < -0.39 is 31.9 Å². The van der Waals surface area contributed by atoms with Gasteiger partial charge in [-0.1, -0.05) is 30.3 Å². The lowest BCUT2D eigenvalue weighted by Gasteiger charge is -2.23. The first kappa shape index (κ1) is 24.7. The van der Waals surface area contributed by atoms with Crippen LogP contribution in [-0.2, 0) is 20.0 Å². The number of rotatable bonds is 8. The molecule has 1 N–H and O–H groups in total. The molecular formula is C24H24FN3O5S2. The van der Waals surface area contributed by atoms with Crippen LogP contribution >= 0.6 is 0 Å². The molecule has 0 bridgehead atoms. The molecule has 4 rings (SSSR count). The van der Waals surface area contributed by atoms with Gasteiger partial charge in [-0.05, 0) is 55.0 Å². The van der Waals surface area contributed by atoms with Crippen molar-refractivity contribution in [2.24, 2.45) is 5.10 Å². The quantitative estimate of drug-likeness (QED) is 0.484. The number of anilines is 1. The molecule has 3 aromatic rings. The number of nitrogens with zero attached hydrogens (tertiary/aromatic N) is 2. The van der Waals surface area contributed by atoms with E-state index in [2.05, 4.69) is 9.82 Å². The third-order valence-electron chi connectivity index (χ3n) is 5.61. The van der Waals surface area contributed by atoms with Gasteiger partial charge in [0.2, 0.25) is 10.0 Å². The highest BCUT2D eigenvalue weighted by atomic mass is 32.2. The van der Waals surface area contributed by atoms with Crippen LogP contribution in [0.25, 0.3) is 0 Å². The minimum atomic E-state index is -4.15. The summed E-state index contributed by atoms with van der Waals surface area (Å²) in [4.78, 5) is -0.109.